The average Bonchev–Trinajstić information content (AvgIpc) is 3.29. The molecule has 5 heteroatoms. The molecule has 1 aliphatic carbocycles. The number of carbonyl (C=O) groups is 1. The van der Waals surface area contributed by atoms with Crippen LogP contribution < -0.4 is 4.74 Å². The van der Waals surface area contributed by atoms with Crippen molar-refractivity contribution in [3.05, 3.63) is 46.4 Å². The van der Waals surface area contributed by atoms with Crippen molar-refractivity contribution in [2.24, 2.45) is 11.8 Å². The van der Waals surface area contributed by atoms with Crippen LogP contribution in [0.5, 0.6) is 5.75 Å². The largest absolute Gasteiger partial charge is 0.486 e. The van der Waals surface area contributed by atoms with Crippen molar-refractivity contribution >= 4 is 17.2 Å². The number of thiazole rings is 1. The van der Waals surface area contributed by atoms with Crippen molar-refractivity contribution < 1.29 is 9.53 Å². The minimum Gasteiger partial charge on any atom is -0.486 e. The van der Waals surface area contributed by atoms with E-state index in [0.29, 0.717) is 29.8 Å². The summed E-state index contributed by atoms with van der Waals surface area (Å²) in [6.07, 6.45) is 3.87. The van der Waals surface area contributed by atoms with Gasteiger partial charge >= 0.3 is 0 Å². The number of amides is 1. The molecule has 120 valence electrons. The Labute approximate surface area is 140 Å². The molecule has 1 amide bonds. The highest BCUT2D eigenvalue weighted by Crippen LogP contribution is 2.38. The summed E-state index contributed by atoms with van der Waals surface area (Å²) in [7, 11) is 0. The van der Waals surface area contributed by atoms with Crippen LogP contribution in [0.25, 0.3) is 0 Å². The molecule has 2 atom stereocenters. The topological polar surface area (TPSA) is 42.4 Å². The molecule has 1 saturated heterocycles. The lowest BCUT2D eigenvalue weighted by atomic mass is 10.0. The average molecular weight is 328 g/mol. The predicted molar refractivity (Wildman–Crippen MR) is 89.6 cm³/mol. The van der Waals surface area contributed by atoms with Gasteiger partial charge in [-0.2, -0.15) is 0 Å². The number of carbonyl (C=O) groups excluding carboxylic acids is 1. The lowest BCUT2D eigenvalue weighted by Crippen LogP contribution is -2.29. The highest BCUT2D eigenvalue weighted by molar-refractivity contribution is 7.07. The quantitative estimate of drug-likeness (QED) is 0.861. The van der Waals surface area contributed by atoms with E-state index in [4.69, 9.17) is 4.74 Å². The highest BCUT2D eigenvalue weighted by atomic mass is 32.1. The van der Waals surface area contributed by atoms with Crippen molar-refractivity contribution in [1.29, 1.82) is 0 Å². The summed E-state index contributed by atoms with van der Waals surface area (Å²) in [6, 6.07) is 7.55. The van der Waals surface area contributed by atoms with Gasteiger partial charge in [0, 0.05) is 18.5 Å². The number of aromatic nitrogens is 1. The standard InChI is InChI=1S/C18H20N2O2S/c21-18(20-8-13-4-3-5-14(13)9-20)16-6-1-2-7-17(16)22-10-15-11-23-12-19-15/h1-2,6-7,11-14H,3-5,8-10H2/t13-,14+. The van der Waals surface area contributed by atoms with Crippen LogP contribution in [0, 0.1) is 11.8 Å². The van der Waals surface area contributed by atoms with E-state index in [1.807, 2.05) is 34.5 Å². The Bertz CT molecular complexity index is 674. The number of hydrogen-bond donors (Lipinski definition) is 0. The Kier molecular flexibility index (Phi) is 4.04. The monoisotopic (exact) mass is 328 g/mol. The second-order valence-electron chi connectivity index (χ2n) is 6.43. The molecule has 2 aliphatic rings. The van der Waals surface area contributed by atoms with Crippen LogP contribution in [0.1, 0.15) is 35.3 Å². The third-order valence-electron chi connectivity index (χ3n) is 4.99. The van der Waals surface area contributed by atoms with Gasteiger partial charge in [0.1, 0.15) is 12.4 Å². The molecule has 0 unspecified atom stereocenters. The maximum atomic E-state index is 12.9. The molecule has 0 spiro atoms. The van der Waals surface area contributed by atoms with Gasteiger partial charge in [-0.05, 0) is 36.8 Å². The van der Waals surface area contributed by atoms with Gasteiger partial charge in [-0.3, -0.25) is 4.79 Å². The van der Waals surface area contributed by atoms with Gasteiger partial charge in [0.2, 0.25) is 0 Å². The van der Waals surface area contributed by atoms with Gasteiger partial charge in [-0.25, -0.2) is 4.98 Å². The Morgan fingerprint density at radius 2 is 2.04 bits per heavy atom. The third-order valence-corrected chi connectivity index (χ3v) is 5.63. The first-order valence-corrected chi connectivity index (χ1v) is 9.13. The lowest BCUT2D eigenvalue weighted by molar-refractivity contribution is 0.0775. The van der Waals surface area contributed by atoms with Crippen LogP contribution in [0.2, 0.25) is 0 Å². The fourth-order valence-corrected chi connectivity index (χ4v) is 4.34. The molecule has 2 heterocycles. The first kappa shape index (κ1) is 14.7. The second-order valence-corrected chi connectivity index (χ2v) is 7.14. The van der Waals surface area contributed by atoms with E-state index in [1.54, 1.807) is 16.8 Å². The van der Waals surface area contributed by atoms with Gasteiger partial charge in [-0.15, -0.1) is 11.3 Å². The van der Waals surface area contributed by atoms with E-state index >= 15 is 0 Å². The van der Waals surface area contributed by atoms with Crippen molar-refractivity contribution in [2.75, 3.05) is 13.1 Å². The summed E-state index contributed by atoms with van der Waals surface area (Å²) in [5.41, 5.74) is 3.36. The Morgan fingerprint density at radius 1 is 1.26 bits per heavy atom. The maximum Gasteiger partial charge on any atom is 0.257 e. The lowest BCUT2D eigenvalue weighted by Gasteiger charge is -2.19. The molecular weight excluding hydrogens is 308 g/mol. The Hall–Kier alpha value is -1.88. The predicted octanol–water partition coefficient (Wildman–Crippen LogP) is 3.59. The molecule has 0 N–H and O–H groups in total. The SMILES string of the molecule is O=C(c1ccccc1OCc1cscn1)N1C[C@H]2CCC[C@H]2C1. The summed E-state index contributed by atoms with van der Waals surface area (Å²) < 4.78 is 5.85. The molecule has 1 aromatic heterocycles. The van der Waals surface area contributed by atoms with E-state index in [1.165, 1.54) is 19.3 Å². The van der Waals surface area contributed by atoms with Crippen LogP contribution >= 0.6 is 11.3 Å². The molecule has 4 rings (SSSR count). The molecule has 1 aromatic carbocycles. The van der Waals surface area contributed by atoms with Gasteiger partial charge in [0.15, 0.2) is 0 Å². The van der Waals surface area contributed by atoms with E-state index in [0.717, 1.165) is 18.8 Å². The van der Waals surface area contributed by atoms with Crippen LogP contribution in [0.4, 0.5) is 0 Å². The van der Waals surface area contributed by atoms with Crippen molar-refractivity contribution in [3.8, 4) is 5.75 Å². The van der Waals surface area contributed by atoms with Crippen LogP contribution in [-0.2, 0) is 6.61 Å². The molecule has 4 nitrogen and oxygen atoms in total. The highest BCUT2D eigenvalue weighted by Gasteiger charge is 2.38. The van der Waals surface area contributed by atoms with Gasteiger partial charge in [0.05, 0.1) is 16.8 Å². The molecule has 2 fully saturated rings. The zero-order chi connectivity index (χ0) is 15.6. The van der Waals surface area contributed by atoms with Crippen molar-refractivity contribution in [3.63, 3.8) is 0 Å². The third kappa shape index (κ3) is 2.98. The van der Waals surface area contributed by atoms with E-state index in [2.05, 4.69) is 4.98 Å². The van der Waals surface area contributed by atoms with E-state index in [-0.39, 0.29) is 5.91 Å². The fraction of sp³-hybridized carbons (Fsp3) is 0.444. The summed E-state index contributed by atoms with van der Waals surface area (Å²) in [5.74, 6) is 2.18. The molecule has 2 aromatic rings. The number of hydrogen-bond acceptors (Lipinski definition) is 4. The summed E-state index contributed by atoms with van der Waals surface area (Å²) >= 11 is 1.55. The van der Waals surface area contributed by atoms with Crippen molar-refractivity contribution in [1.82, 2.24) is 9.88 Å². The zero-order valence-electron chi connectivity index (χ0n) is 13.0. The number of likely N-dealkylation sites (tertiary alicyclic amines) is 1. The fourth-order valence-electron chi connectivity index (χ4n) is 3.80. The van der Waals surface area contributed by atoms with Crippen molar-refractivity contribution in [2.45, 2.75) is 25.9 Å². The summed E-state index contributed by atoms with van der Waals surface area (Å²) in [4.78, 5) is 19.1. The minimum absolute atomic E-state index is 0.105. The van der Waals surface area contributed by atoms with Gasteiger partial charge in [-0.1, -0.05) is 18.6 Å². The smallest absolute Gasteiger partial charge is 0.257 e. The minimum atomic E-state index is 0.105. The van der Waals surface area contributed by atoms with Crippen LogP contribution in [0.3, 0.4) is 0 Å². The number of nitrogens with zero attached hydrogens (tertiary/aromatic N) is 2. The zero-order valence-corrected chi connectivity index (χ0v) is 13.8. The number of rotatable bonds is 4. The number of para-hydroxylation sites is 1. The second kappa shape index (κ2) is 6.32. The van der Waals surface area contributed by atoms with Gasteiger partial charge in [0.25, 0.3) is 5.91 Å². The first-order valence-electron chi connectivity index (χ1n) is 8.19. The summed E-state index contributed by atoms with van der Waals surface area (Å²) in [5, 5.41) is 1.96. The Morgan fingerprint density at radius 3 is 2.78 bits per heavy atom. The Balaban J connectivity index is 1.48. The molecule has 0 bridgehead atoms. The van der Waals surface area contributed by atoms with Crippen LogP contribution in [0.15, 0.2) is 35.2 Å². The first-order chi connectivity index (χ1) is 11.3. The molecular formula is C18H20N2O2S. The number of benzene rings is 1. The summed E-state index contributed by atoms with van der Waals surface area (Å²) in [6.45, 7) is 2.22. The normalized spacial score (nSPS) is 23.0. The molecule has 0 radical (unpaired) electrons. The van der Waals surface area contributed by atoms with E-state index < -0.39 is 0 Å². The number of ether oxygens (including phenoxy) is 1. The number of fused-ring (bicyclic) bond motifs is 1. The molecule has 23 heavy (non-hydrogen) atoms. The molecule has 1 saturated carbocycles. The van der Waals surface area contributed by atoms with E-state index in [9.17, 15) is 4.79 Å². The van der Waals surface area contributed by atoms with Gasteiger partial charge < -0.3 is 9.64 Å². The molecule has 1 aliphatic heterocycles. The van der Waals surface area contributed by atoms with Crippen LogP contribution in [-0.4, -0.2) is 28.9 Å². The maximum absolute atomic E-state index is 12.9.